The molecule has 36 heavy (non-hydrogen) atoms. The largest absolute Gasteiger partial charge is 0.479 e. The first-order valence-electron chi connectivity index (χ1n) is 12.8. The van der Waals surface area contributed by atoms with Gasteiger partial charge < -0.3 is 19.3 Å². The van der Waals surface area contributed by atoms with Gasteiger partial charge in [0.05, 0.1) is 6.04 Å². The number of ketones is 1. The molecule has 0 radical (unpaired) electrons. The molecule has 0 unspecified atom stereocenters. The summed E-state index contributed by atoms with van der Waals surface area (Å²) < 4.78 is 16.7. The molecular weight excluding hydrogens is 462 g/mol. The average Bonchev–Trinajstić information content (AvgIpc) is 3.19. The molecular formula is C28H37NO7. The molecule has 3 rings (SSSR count). The van der Waals surface area contributed by atoms with Gasteiger partial charge in [0.15, 0.2) is 18.0 Å². The summed E-state index contributed by atoms with van der Waals surface area (Å²) in [4.78, 5) is 39.6. The monoisotopic (exact) mass is 499 g/mol. The van der Waals surface area contributed by atoms with E-state index in [4.69, 9.17) is 19.3 Å². The molecule has 1 saturated heterocycles. The second-order valence-electron chi connectivity index (χ2n) is 9.19. The van der Waals surface area contributed by atoms with Crippen molar-refractivity contribution in [2.75, 3.05) is 13.7 Å². The molecule has 8 nitrogen and oxygen atoms in total. The lowest BCUT2D eigenvalue weighted by atomic mass is 10.0. The number of carbonyl (C=O) groups is 3. The molecule has 0 bridgehead atoms. The van der Waals surface area contributed by atoms with Crippen LogP contribution in [-0.2, 0) is 23.8 Å². The Hall–Kier alpha value is -2.97. The predicted molar refractivity (Wildman–Crippen MR) is 134 cm³/mol. The van der Waals surface area contributed by atoms with Gasteiger partial charge in [-0.15, -0.1) is 0 Å². The first-order valence-corrected chi connectivity index (χ1v) is 12.8. The minimum Gasteiger partial charge on any atom is -0.479 e. The molecule has 1 N–H and O–H groups in total. The van der Waals surface area contributed by atoms with Crippen molar-refractivity contribution in [3.63, 3.8) is 0 Å². The molecule has 1 fully saturated rings. The summed E-state index contributed by atoms with van der Waals surface area (Å²) in [5, 5.41) is 8.82. The number of cyclic esters (lactones) is 1. The molecule has 1 aromatic carbocycles. The number of methoxy groups -OCH3 is 1. The summed E-state index contributed by atoms with van der Waals surface area (Å²) in [7, 11) is 1.32. The van der Waals surface area contributed by atoms with Gasteiger partial charge in [0, 0.05) is 13.7 Å². The number of aliphatic hydroxyl groups excluding tert-OH is 1. The van der Waals surface area contributed by atoms with Crippen LogP contribution in [-0.4, -0.2) is 59.8 Å². The molecule has 4 atom stereocenters. The Labute approximate surface area is 212 Å². The molecule has 196 valence electrons. The number of carbonyl (C=O) groups excluding carboxylic acids is 3. The lowest BCUT2D eigenvalue weighted by molar-refractivity contribution is -0.153. The summed E-state index contributed by atoms with van der Waals surface area (Å²) in [6.45, 7) is 1.99. The fourth-order valence-corrected chi connectivity index (χ4v) is 4.55. The maximum atomic E-state index is 13.4. The summed E-state index contributed by atoms with van der Waals surface area (Å²) in [5.74, 6) is -0.547. The molecule has 0 spiro atoms. The van der Waals surface area contributed by atoms with Gasteiger partial charge in [-0.1, -0.05) is 62.4 Å². The number of hydrogen-bond acceptors (Lipinski definition) is 7. The van der Waals surface area contributed by atoms with Crippen LogP contribution < -0.4 is 0 Å². The molecule has 0 aromatic heterocycles. The van der Waals surface area contributed by atoms with Crippen molar-refractivity contribution in [2.24, 2.45) is 0 Å². The van der Waals surface area contributed by atoms with Crippen LogP contribution in [0.1, 0.15) is 70.0 Å². The van der Waals surface area contributed by atoms with E-state index in [-0.39, 0.29) is 6.61 Å². The zero-order valence-corrected chi connectivity index (χ0v) is 21.1. The summed E-state index contributed by atoms with van der Waals surface area (Å²) in [6.07, 6.45) is 9.30. The third-order valence-electron chi connectivity index (χ3n) is 6.57. The molecule has 2 amide bonds. The Morgan fingerprint density at radius 1 is 1.03 bits per heavy atom. The van der Waals surface area contributed by atoms with Gasteiger partial charge in [-0.3, -0.25) is 9.59 Å². The highest BCUT2D eigenvalue weighted by Gasteiger charge is 2.48. The fraction of sp³-hybridized carbons (Fsp3) is 0.536. The van der Waals surface area contributed by atoms with E-state index in [2.05, 4.69) is 0 Å². The van der Waals surface area contributed by atoms with Crippen molar-refractivity contribution in [1.29, 1.82) is 0 Å². The van der Waals surface area contributed by atoms with Crippen LogP contribution in [0, 0.1) is 0 Å². The quantitative estimate of drug-likeness (QED) is 0.395. The smallest absolute Gasteiger partial charge is 0.417 e. The Bertz CT molecular complexity index is 942. The van der Waals surface area contributed by atoms with Gasteiger partial charge in [-0.25, -0.2) is 9.69 Å². The average molecular weight is 500 g/mol. The minimum atomic E-state index is -1.28. The van der Waals surface area contributed by atoms with Gasteiger partial charge in [0.1, 0.15) is 11.9 Å². The Morgan fingerprint density at radius 3 is 2.36 bits per heavy atom. The zero-order valence-electron chi connectivity index (χ0n) is 21.1. The number of nitrogens with zero attached hydrogens (tertiary/aromatic N) is 1. The SMILES string of the molecule is CO[C@H](C(=O)N1C(=O)O[C@H](c2ccccc2)[C@@H]1C)[C@@H]1OC(=CCCCCCCCCCO)C=CC1=O. The van der Waals surface area contributed by atoms with E-state index in [1.807, 2.05) is 36.4 Å². The van der Waals surface area contributed by atoms with Crippen molar-refractivity contribution >= 4 is 17.8 Å². The second kappa shape index (κ2) is 13.9. The third kappa shape index (κ3) is 7.04. The van der Waals surface area contributed by atoms with Gasteiger partial charge in [-0.2, -0.15) is 0 Å². The normalized spacial score (nSPS) is 23.6. The molecule has 0 aliphatic carbocycles. The van der Waals surface area contributed by atoms with E-state index in [1.54, 1.807) is 13.0 Å². The standard InChI is InChI=1S/C28H37NO7/c1-20-24(21-14-10-9-11-15-21)36-28(33)29(20)27(32)26(34-2)25-23(31)18-17-22(35-25)16-12-7-5-3-4-6-8-13-19-30/h9-11,14-18,20,24-26,30H,3-8,12-13,19H2,1-2H3/t20-,24-,25+,26-/m0/s1. The van der Waals surface area contributed by atoms with Gasteiger partial charge >= 0.3 is 6.09 Å². The first kappa shape index (κ1) is 27.6. The first-order chi connectivity index (χ1) is 17.5. The Kier molecular flexibility index (Phi) is 10.7. The Balaban J connectivity index is 1.57. The number of amides is 2. The molecule has 2 aliphatic heterocycles. The number of unbranched alkanes of at least 4 members (excludes halogenated alkanes) is 7. The predicted octanol–water partition coefficient (Wildman–Crippen LogP) is 4.63. The van der Waals surface area contributed by atoms with Crippen LogP contribution >= 0.6 is 0 Å². The van der Waals surface area contributed by atoms with E-state index >= 15 is 0 Å². The van der Waals surface area contributed by atoms with Crippen molar-refractivity contribution in [2.45, 2.75) is 82.6 Å². The van der Waals surface area contributed by atoms with Crippen LogP contribution in [0.2, 0.25) is 0 Å². The number of imide groups is 1. The van der Waals surface area contributed by atoms with E-state index in [9.17, 15) is 14.4 Å². The number of hydrogen-bond donors (Lipinski definition) is 1. The molecule has 2 aliphatic rings. The van der Waals surface area contributed by atoms with Gasteiger partial charge in [-0.05, 0) is 50.0 Å². The molecule has 2 heterocycles. The van der Waals surface area contributed by atoms with Crippen LogP contribution in [0.15, 0.2) is 54.3 Å². The molecule has 8 heteroatoms. The molecule has 1 aromatic rings. The topological polar surface area (TPSA) is 102 Å². The van der Waals surface area contributed by atoms with E-state index < -0.39 is 42.1 Å². The minimum absolute atomic E-state index is 0.259. The highest BCUT2D eigenvalue weighted by molar-refractivity contribution is 6.03. The highest BCUT2D eigenvalue weighted by Crippen LogP contribution is 2.33. The van der Waals surface area contributed by atoms with E-state index in [1.165, 1.54) is 13.2 Å². The lowest BCUT2D eigenvalue weighted by Crippen LogP contribution is -2.52. The van der Waals surface area contributed by atoms with Crippen LogP contribution in [0.25, 0.3) is 0 Å². The maximum absolute atomic E-state index is 13.4. The van der Waals surface area contributed by atoms with Crippen LogP contribution in [0.5, 0.6) is 0 Å². The van der Waals surface area contributed by atoms with Crippen LogP contribution in [0.3, 0.4) is 0 Å². The lowest BCUT2D eigenvalue weighted by Gasteiger charge is -2.30. The van der Waals surface area contributed by atoms with E-state index in [0.29, 0.717) is 5.76 Å². The number of aliphatic hydroxyl groups is 1. The number of allylic oxidation sites excluding steroid dienone is 2. The summed E-state index contributed by atoms with van der Waals surface area (Å²) in [5.41, 5.74) is 0.783. The van der Waals surface area contributed by atoms with Crippen LogP contribution in [0.4, 0.5) is 4.79 Å². The highest BCUT2D eigenvalue weighted by atomic mass is 16.6. The molecule has 0 saturated carbocycles. The third-order valence-corrected chi connectivity index (χ3v) is 6.57. The number of rotatable bonds is 13. The summed E-state index contributed by atoms with van der Waals surface area (Å²) in [6, 6.07) is 8.64. The van der Waals surface area contributed by atoms with E-state index in [0.717, 1.165) is 61.8 Å². The van der Waals surface area contributed by atoms with Gasteiger partial charge in [0.25, 0.3) is 5.91 Å². The second-order valence-corrected chi connectivity index (χ2v) is 9.19. The summed E-state index contributed by atoms with van der Waals surface area (Å²) >= 11 is 0. The maximum Gasteiger partial charge on any atom is 0.417 e. The van der Waals surface area contributed by atoms with Crippen molar-refractivity contribution in [3.8, 4) is 0 Å². The zero-order chi connectivity index (χ0) is 25.9. The number of ether oxygens (including phenoxy) is 3. The van der Waals surface area contributed by atoms with Gasteiger partial charge in [0.2, 0.25) is 0 Å². The fourth-order valence-electron chi connectivity index (χ4n) is 4.55. The Morgan fingerprint density at radius 2 is 1.69 bits per heavy atom. The van der Waals surface area contributed by atoms with Crippen molar-refractivity contribution in [1.82, 2.24) is 4.90 Å². The van der Waals surface area contributed by atoms with Crippen molar-refractivity contribution in [3.05, 3.63) is 59.9 Å². The number of benzene rings is 1. The van der Waals surface area contributed by atoms with Crippen molar-refractivity contribution < 1.29 is 33.7 Å².